The fraction of sp³-hybridized carbons (Fsp3) is 0.0833. The first-order valence-electron chi connectivity index (χ1n) is 12.1. The number of fused-ring (bicyclic) bond motifs is 13. The molecule has 16 heteroatoms. The molecule has 8 bridgehead atoms. The van der Waals surface area contributed by atoms with Gasteiger partial charge in [0, 0.05) is 44.5 Å². The fourth-order valence-corrected chi connectivity index (χ4v) is 12.3. The van der Waals surface area contributed by atoms with Crippen LogP contribution in [0.25, 0.3) is 0 Å². The molecule has 2 aromatic heterocycles. The Morgan fingerprint density at radius 1 is 0.575 bits per heavy atom. The lowest BCUT2D eigenvalue weighted by atomic mass is 10.1. The second-order valence-electron chi connectivity index (χ2n) is 9.01. The molecule has 40 heavy (non-hydrogen) atoms. The minimum atomic E-state index is 0.637. The van der Waals surface area contributed by atoms with E-state index in [-0.39, 0.29) is 0 Å². The van der Waals surface area contributed by atoms with Gasteiger partial charge in [0.25, 0.3) is 0 Å². The Kier molecular flexibility index (Phi) is 6.94. The van der Waals surface area contributed by atoms with Crippen LogP contribution in [0.15, 0.2) is 97.1 Å². The maximum atomic E-state index is 5.04. The lowest BCUT2D eigenvalue weighted by molar-refractivity contribution is 1.45. The summed E-state index contributed by atoms with van der Waals surface area (Å²) in [4.78, 5) is 39.9. The summed E-state index contributed by atoms with van der Waals surface area (Å²) in [5.41, 5.74) is 8.21. The normalized spacial score (nSPS) is 22.4. The third-order valence-electron chi connectivity index (χ3n) is 6.74. The molecule has 6 aliphatic rings. The molecule has 0 aromatic carbocycles. The van der Waals surface area contributed by atoms with Gasteiger partial charge < -0.3 is 0 Å². The SMILES string of the molecule is CC1=C(CPP)C2=NC1=NC1=NC(=NC3=NC(=NC4=NC(=N2)c2cppcc24)c2cppcc23)C2=CPPC=C21. The van der Waals surface area contributed by atoms with Crippen molar-refractivity contribution in [1.29, 1.82) is 0 Å². The van der Waals surface area contributed by atoms with E-state index in [0.717, 1.165) is 50.7 Å². The number of nitrogens with zero attached hydrogens (tertiary/aromatic N) is 8. The number of hydrogen-bond acceptors (Lipinski definition) is 8. The standard InChI is InChI=1S/C24H16N8P8/c1-9-10(2-34-33)18-25-17(9)26-19-11-3-35-36-4-12(11)21(28-19)30-23-15-7-39-40-8-16(15)24(32-23)31-22-14-6-38-37-5-13(14)20(27-18)29-22/h3-8,34-36H,2,33H2,1H3. The van der Waals surface area contributed by atoms with Crippen molar-refractivity contribution in [1.82, 2.24) is 0 Å². The number of amidine groups is 8. The van der Waals surface area contributed by atoms with Crippen LogP contribution in [-0.2, 0) is 0 Å². The van der Waals surface area contributed by atoms with Gasteiger partial charge in [-0.1, -0.05) is 24.8 Å². The smallest absolute Gasteiger partial charge is 0.165 e. The summed E-state index contributed by atoms with van der Waals surface area (Å²) >= 11 is 0. The summed E-state index contributed by atoms with van der Waals surface area (Å²) in [5.74, 6) is 18.4. The largest absolute Gasteiger partial charge is 0.209 e. The third kappa shape index (κ3) is 4.37. The van der Waals surface area contributed by atoms with Crippen molar-refractivity contribution in [2.75, 3.05) is 6.16 Å². The van der Waals surface area contributed by atoms with E-state index in [1.54, 1.807) is 0 Å². The van der Waals surface area contributed by atoms with E-state index in [1.807, 2.05) is 0 Å². The van der Waals surface area contributed by atoms with Crippen LogP contribution in [-0.4, -0.2) is 52.8 Å². The average Bonchev–Trinajstić information content (AvgIpc) is 3.69. The fourth-order valence-electron chi connectivity index (χ4n) is 4.75. The van der Waals surface area contributed by atoms with Crippen molar-refractivity contribution in [3.8, 4) is 0 Å². The van der Waals surface area contributed by atoms with Gasteiger partial charge in [-0.05, 0) is 79.4 Å². The predicted octanol–water partition coefficient (Wildman–Crippen LogP) is 8.19. The summed E-state index contributed by atoms with van der Waals surface area (Å²) in [7, 11) is 9.66. The second kappa shape index (κ2) is 10.6. The molecule has 0 N–H and O–H groups in total. The molecular weight excluding hydrogens is 648 g/mol. The quantitative estimate of drug-likeness (QED) is 0.290. The summed E-state index contributed by atoms with van der Waals surface area (Å²) in [5, 5.41) is 0. The van der Waals surface area contributed by atoms with Crippen LogP contribution >= 0.6 is 65.2 Å². The maximum Gasteiger partial charge on any atom is 0.165 e. The Morgan fingerprint density at radius 3 is 1.43 bits per heavy atom. The van der Waals surface area contributed by atoms with E-state index >= 15 is 0 Å². The molecule has 0 saturated carbocycles. The first kappa shape index (κ1) is 26.1. The monoisotopic (exact) mass is 664 g/mol. The van der Waals surface area contributed by atoms with E-state index in [9.17, 15) is 0 Å². The third-order valence-corrected chi connectivity index (χ3v) is 14.3. The molecule has 8 heterocycles. The predicted molar refractivity (Wildman–Crippen MR) is 187 cm³/mol. The van der Waals surface area contributed by atoms with Gasteiger partial charge in [-0.25, -0.2) is 39.9 Å². The van der Waals surface area contributed by atoms with Crippen molar-refractivity contribution in [3.05, 3.63) is 79.4 Å². The van der Waals surface area contributed by atoms with E-state index in [4.69, 9.17) is 39.9 Å². The molecule has 8 rings (SSSR count). The Hall–Kier alpha value is -1.54. The summed E-state index contributed by atoms with van der Waals surface area (Å²) in [6.07, 6.45) is 0.858. The van der Waals surface area contributed by atoms with Gasteiger partial charge in [-0.2, -0.15) is 0 Å². The van der Waals surface area contributed by atoms with Crippen LogP contribution in [0.3, 0.4) is 0 Å². The highest BCUT2D eigenvalue weighted by atomic mass is 32.0. The number of aliphatic imine (C=N–C) groups is 8. The van der Waals surface area contributed by atoms with Gasteiger partial charge in [0.1, 0.15) is 0 Å². The van der Waals surface area contributed by atoms with Crippen LogP contribution in [0.1, 0.15) is 29.2 Å². The Labute approximate surface area is 243 Å². The van der Waals surface area contributed by atoms with Gasteiger partial charge in [-0.3, -0.25) is 0 Å². The summed E-state index contributed by atoms with van der Waals surface area (Å²) in [6, 6.07) is 0. The molecule has 0 aliphatic carbocycles. The lowest BCUT2D eigenvalue weighted by Gasteiger charge is -2.08. The lowest BCUT2D eigenvalue weighted by Crippen LogP contribution is -2.04. The Balaban J connectivity index is 1.42. The molecule has 0 amide bonds. The van der Waals surface area contributed by atoms with Crippen molar-refractivity contribution in [2.45, 2.75) is 6.92 Å². The first-order chi connectivity index (χ1) is 19.7. The van der Waals surface area contributed by atoms with Crippen molar-refractivity contribution in [3.63, 3.8) is 0 Å². The van der Waals surface area contributed by atoms with Crippen molar-refractivity contribution < 1.29 is 0 Å². The summed E-state index contributed by atoms with van der Waals surface area (Å²) < 4.78 is 0. The number of rotatable bonds is 2. The van der Waals surface area contributed by atoms with Gasteiger partial charge in [0.2, 0.25) is 0 Å². The highest BCUT2D eigenvalue weighted by Gasteiger charge is 2.32. The molecular formula is C24H16N8P8. The second-order valence-corrected chi connectivity index (χ2v) is 18.6. The van der Waals surface area contributed by atoms with Gasteiger partial charge >= 0.3 is 0 Å². The highest BCUT2D eigenvalue weighted by molar-refractivity contribution is 8.14. The van der Waals surface area contributed by atoms with Gasteiger partial charge in [0.15, 0.2) is 46.7 Å². The van der Waals surface area contributed by atoms with Crippen molar-refractivity contribution in [2.24, 2.45) is 39.9 Å². The number of hydrogen-bond donors (Lipinski definition) is 0. The Morgan fingerprint density at radius 2 is 0.950 bits per heavy atom. The van der Waals surface area contributed by atoms with Crippen LogP contribution < -0.4 is 0 Å². The minimum absolute atomic E-state index is 0.637. The molecule has 0 radical (unpaired) electrons. The molecule has 0 saturated heterocycles. The average molecular weight is 664 g/mol. The molecule has 192 valence electrons. The molecule has 6 aliphatic heterocycles. The topological polar surface area (TPSA) is 98.9 Å². The van der Waals surface area contributed by atoms with E-state index in [2.05, 4.69) is 50.7 Å². The van der Waals surface area contributed by atoms with E-state index in [0.29, 0.717) is 71.5 Å². The summed E-state index contributed by atoms with van der Waals surface area (Å²) in [6.45, 7) is 2.08. The zero-order valence-corrected chi connectivity index (χ0v) is 28.3. The Bertz CT molecular complexity index is 1930. The zero-order chi connectivity index (χ0) is 26.8. The first-order valence-corrected chi connectivity index (χ1v) is 23.5. The molecule has 8 nitrogen and oxygen atoms in total. The van der Waals surface area contributed by atoms with Gasteiger partial charge in [-0.15, -0.1) is 8.93 Å². The van der Waals surface area contributed by atoms with Gasteiger partial charge in [0.05, 0.1) is 0 Å². The molecule has 0 fully saturated rings. The highest BCUT2D eigenvalue weighted by Crippen LogP contribution is 2.48. The zero-order valence-electron chi connectivity index (χ0n) is 20.6. The van der Waals surface area contributed by atoms with Crippen LogP contribution in [0, 0.1) is 0 Å². The molecule has 4 atom stereocenters. The van der Waals surface area contributed by atoms with Crippen LogP contribution in [0.4, 0.5) is 0 Å². The molecule has 4 unspecified atom stereocenters. The minimum Gasteiger partial charge on any atom is -0.209 e. The van der Waals surface area contributed by atoms with Crippen molar-refractivity contribution >= 4 is 112 Å². The van der Waals surface area contributed by atoms with Crippen LogP contribution in [0.5, 0.6) is 0 Å². The molecule has 0 spiro atoms. The maximum absolute atomic E-state index is 5.04. The van der Waals surface area contributed by atoms with E-state index in [1.165, 1.54) is 31.5 Å². The molecule has 2 aromatic rings. The van der Waals surface area contributed by atoms with E-state index < -0.39 is 0 Å². The van der Waals surface area contributed by atoms with Crippen LogP contribution in [0.2, 0.25) is 0 Å².